The number of likely N-dealkylation sites (N-methyl/N-ethyl adjacent to an activating group) is 1. The number of ether oxygens (including phenoxy) is 1. The number of benzene rings is 1. The Kier molecular flexibility index (Phi) is 5.34. The average molecular weight is 288 g/mol. The van der Waals surface area contributed by atoms with E-state index in [1.807, 2.05) is 31.7 Å². The van der Waals surface area contributed by atoms with Crippen molar-refractivity contribution in [2.75, 3.05) is 20.1 Å². The molecule has 1 saturated heterocycles. The fourth-order valence-electron chi connectivity index (χ4n) is 2.16. The summed E-state index contributed by atoms with van der Waals surface area (Å²) < 4.78 is 11.9. The Morgan fingerprint density at radius 1 is 1.24 bits per heavy atom. The van der Waals surface area contributed by atoms with Gasteiger partial charge in [-0.3, -0.25) is 0 Å². The van der Waals surface area contributed by atoms with Gasteiger partial charge in [0.05, 0.1) is 0 Å². The van der Waals surface area contributed by atoms with Crippen LogP contribution in [0.1, 0.15) is 34.1 Å². The Bertz CT molecular complexity index is 445. The van der Waals surface area contributed by atoms with Crippen molar-refractivity contribution in [1.82, 2.24) is 4.90 Å². The van der Waals surface area contributed by atoms with Crippen molar-refractivity contribution in [2.45, 2.75) is 45.8 Å². The molecule has 1 atom stereocenters. The zero-order valence-electron chi connectivity index (χ0n) is 13.9. The zero-order chi connectivity index (χ0) is 15.5. The molecule has 1 aliphatic heterocycles. The standard InChI is InChI=1S/C17H27BNO2/c1-13(2)17(3,4)21-18-14-6-8-15(9-7-14)20-16-10-11-19(5)12-16/h6-9,13,16H,10-12H2,1-5H3. The van der Waals surface area contributed by atoms with Crippen LogP contribution in [-0.4, -0.2) is 44.2 Å². The molecular formula is C17H27BNO2. The molecule has 3 nitrogen and oxygen atoms in total. The molecule has 1 fully saturated rings. The van der Waals surface area contributed by atoms with Crippen LogP contribution < -0.4 is 10.2 Å². The first-order chi connectivity index (χ1) is 9.87. The van der Waals surface area contributed by atoms with Gasteiger partial charge in [0.25, 0.3) is 0 Å². The first-order valence-electron chi connectivity index (χ1n) is 7.83. The molecule has 2 rings (SSSR count). The summed E-state index contributed by atoms with van der Waals surface area (Å²) in [6.45, 7) is 10.7. The van der Waals surface area contributed by atoms with E-state index in [0.717, 1.165) is 30.7 Å². The van der Waals surface area contributed by atoms with Gasteiger partial charge in [-0.25, -0.2) is 0 Å². The third-order valence-electron chi connectivity index (χ3n) is 4.42. The van der Waals surface area contributed by atoms with Gasteiger partial charge < -0.3 is 14.3 Å². The molecule has 0 spiro atoms. The van der Waals surface area contributed by atoms with Crippen LogP contribution >= 0.6 is 0 Å². The number of hydrogen-bond donors (Lipinski definition) is 0. The molecule has 115 valence electrons. The highest BCUT2D eigenvalue weighted by Gasteiger charge is 2.23. The van der Waals surface area contributed by atoms with Crippen molar-refractivity contribution in [3.05, 3.63) is 24.3 Å². The maximum absolute atomic E-state index is 5.99. The fourth-order valence-corrected chi connectivity index (χ4v) is 2.16. The molecule has 0 N–H and O–H groups in total. The largest absolute Gasteiger partial charge is 0.489 e. The molecule has 1 aromatic rings. The normalized spacial score (nSPS) is 20.0. The van der Waals surface area contributed by atoms with E-state index in [0.29, 0.717) is 12.0 Å². The van der Waals surface area contributed by atoms with Gasteiger partial charge in [-0.15, -0.1) is 0 Å². The summed E-state index contributed by atoms with van der Waals surface area (Å²) >= 11 is 0. The highest BCUT2D eigenvalue weighted by Crippen LogP contribution is 2.20. The summed E-state index contributed by atoms with van der Waals surface area (Å²) in [7, 11) is 3.97. The Hall–Kier alpha value is -0.995. The summed E-state index contributed by atoms with van der Waals surface area (Å²) in [6, 6.07) is 8.14. The fraction of sp³-hybridized carbons (Fsp3) is 0.647. The Morgan fingerprint density at radius 2 is 1.90 bits per heavy atom. The van der Waals surface area contributed by atoms with Crippen LogP contribution in [0.4, 0.5) is 0 Å². The van der Waals surface area contributed by atoms with Gasteiger partial charge in [-0.05, 0) is 45.4 Å². The van der Waals surface area contributed by atoms with Gasteiger partial charge in [-0.2, -0.15) is 0 Å². The van der Waals surface area contributed by atoms with Crippen LogP contribution in [0.25, 0.3) is 0 Å². The van der Waals surface area contributed by atoms with Crippen molar-refractivity contribution in [3.8, 4) is 5.75 Å². The lowest BCUT2D eigenvalue weighted by Crippen LogP contribution is -2.36. The van der Waals surface area contributed by atoms with E-state index >= 15 is 0 Å². The van der Waals surface area contributed by atoms with Gasteiger partial charge in [0.15, 0.2) is 0 Å². The minimum absolute atomic E-state index is 0.149. The van der Waals surface area contributed by atoms with Crippen molar-refractivity contribution in [1.29, 1.82) is 0 Å². The highest BCUT2D eigenvalue weighted by atomic mass is 16.5. The topological polar surface area (TPSA) is 21.7 Å². The smallest absolute Gasteiger partial charge is 0.330 e. The molecule has 0 bridgehead atoms. The van der Waals surface area contributed by atoms with Crippen LogP contribution in [0.3, 0.4) is 0 Å². The number of hydrogen-bond acceptors (Lipinski definition) is 3. The van der Waals surface area contributed by atoms with Crippen molar-refractivity contribution >= 4 is 12.9 Å². The van der Waals surface area contributed by atoms with E-state index in [4.69, 9.17) is 9.39 Å². The summed E-state index contributed by atoms with van der Waals surface area (Å²) in [5, 5.41) is 0. The van der Waals surface area contributed by atoms with Crippen LogP contribution in [-0.2, 0) is 4.65 Å². The van der Waals surface area contributed by atoms with Gasteiger partial charge >= 0.3 is 7.48 Å². The van der Waals surface area contributed by atoms with Crippen LogP contribution in [0, 0.1) is 5.92 Å². The lowest BCUT2D eigenvalue weighted by Gasteiger charge is -2.30. The summed E-state index contributed by atoms with van der Waals surface area (Å²) in [5.74, 6) is 1.41. The van der Waals surface area contributed by atoms with Gasteiger partial charge in [0.2, 0.25) is 0 Å². The molecule has 1 aromatic carbocycles. The molecule has 0 aliphatic carbocycles. The predicted molar refractivity (Wildman–Crippen MR) is 88.4 cm³/mol. The maximum atomic E-state index is 5.99. The number of nitrogens with zero attached hydrogens (tertiary/aromatic N) is 1. The third kappa shape index (κ3) is 4.75. The van der Waals surface area contributed by atoms with Gasteiger partial charge in [0.1, 0.15) is 11.9 Å². The zero-order valence-corrected chi connectivity index (χ0v) is 13.9. The minimum Gasteiger partial charge on any atom is -0.489 e. The van der Waals surface area contributed by atoms with E-state index in [1.54, 1.807) is 0 Å². The van der Waals surface area contributed by atoms with Gasteiger partial charge in [-0.1, -0.05) is 31.4 Å². The van der Waals surface area contributed by atoms with E-state index in [1.165, 1.54) is 0 Å². The first-order valence-corrected chi connectivity index (χ1v) is 7.83. The van der Waals surface area contributed by atoms with E-state index < -0.39 is 0 Å². The Balaban J connectivity index is 1.84. The second-order valence-electron chi connectivity index (χ2n) is 6.85. The highest BCUT2D eigenvalue weighted by molar-refractivity contribution is 6.47. The monoisotopic (exact) mass is 288 g/mol. The molecule has 1 unspecified atom stereocenters. The van der Waals surface area contributed by atoms with Crippen molar-refractivity contribution in [3.63, 3.8) is 0 Å². The second-order valence-corrected chi connectivity index (χ2v) is 6.85. The third-order valence-corrected chi connectivity index (χ3v) is 4.42. The van der Waals surface area contributed by atoms with Crippen LogP contribution in [0.5, 0.6) is 5.75 Å². The summed E-state index contributed by atoms with van der Waals surface area (Å²) in [6.07, 6.45) is 1.43. The van der Waals surface area contributed by atoms with Crippen LogP contribution in [0.2, 0.25) is 0 Å². The van der Waals surface area contributed by atoms with E-state index in [2.05, 4.69) is 39.6 Å². The van der Waals surface area contributed by atoms with Crippen molar-refractivity contribution in [2.24, 2.45) is 5.92 Å². The molecule has 1 radical (unpaired) electrons. The predicted octanol–water partition coefficient (Wildman–Crippen LogP) is 2.47. The van der Waals surface area contributed by atoms with E-state index in [9.17, 15) is 0 Å². The molecule has 0 aromatic heterocycles. The van der Waals surface area contributed by atoms with Gasteiger partial charge in [0, 0.05) is 18.7 Å². The Labute approximate surface area is 129 Å². The molecular weight excluding hydrogens is 261 g/mol. The second kappa shape index (κ2) is 6.84. The number of likely N-dealkylation sites (tertiary alicyclic amines) is 1. The number of rotatable bonds is 6. The van der Waals surface area contributed by atoms with E-state index in [-0.39, 0.29) is 5.60 Å². The molecule has 21 heavy (non-hydrogen) atoms. The Morgan fingerprint density at radius 3 is 2.43 bits per heavy atom. The van der Waals surface area contributed by atoms with Crippen molar-refractivity contribution < 1.29 is 9.39 Å². The summed E-state index contributed by atoms with van der Waals surface area (Å²) in [5.41, 5.74) is 0.920. The maximum Gasteiger partial charge on any atom is 0.330 e. The molecule has 0 saturated carbocycles. The minimum atomic E-state index is -0.149. The molecule has 1 heterocycles. The SMILES string of the molecule is CC(C)C(C)(C)O[B]c1ccc(OC2CCN(C)C2)cc1. The lowest BCUT2D eigenvalue weighted by molar-refractivity contribution is 0.0668. The first kappa shape index (κ1) is 16.4. The quantitative estimate of drug-likeness (QED) is 0.751. The van der Waals surface area contributed by atoms with Crippen LogP contribution in [0.15, 0.2) is 24.3 Å². The molecule has 0 amide bonds. The summed E-state index contributed by atoms with van der Waals surface area (Å²) in [4.78, 5) is 2.30. The lowest BCUT2D eigenvalue weighted by atomic mass is 9.84. The molecule has 4 heteroatoms. The average Bonchev–Trinajstić information content (AvgIpc) is 2.83. The molecule has 1 aliphatic rings.